The molecular formula is C17H10Cl3N5O. The molecule has 1 N–H and O–H groups in total. The molecule has 2 aromatic carbocycles. The lowest BCUT2D eigenvalue weighted by Crippen LogP contribution is -2.00. The molecule has 4 aromatic rings. The summed E-state index contributed by atoms with van der Waals surface area (Å²) < 4.78 is 4.72. The van der Waals surface area contributed by atoms with Gasteiger partial charge in [-0.25, -0.2) is 14.6 Å². The standard InChI is InChI=1S/C17H10Cl3N5O/c1-8-6-10(3-5-11(8)18)21-15-14(9-2-4-12(19)13(20)7-9)22-16-17(23-15)25-26-24-16/h2-7H,1H3,(H,21,23,25). The van der Waals surface area contributed by atoms with E-state index in [1.807, 2.05) is 25.1 Å². The number of nitrogens with one attached hydrogen (secondary N) is 1. The molecule has 0 aliphatic heterocycles. The van der Waals surface area contributed by atoms with Gasteiger partial charge in [0.25, 0.3) is 0 Å². The van der Waals surface area contributed by atoms with Gasteiger partial charge in [0.2, 0.25) is 11.3 Å². The van der Waals surface area contributed by atoms with Crippen LogP contribution in [0.3, 0.4) is 0 Å². The number of halogens is 3. The van der Waals surface area contributed by atoms with Gasteiger partial charge in [-0.3, -0.25) is 0 Å². The molecule has 0 spiro atoms. The molecule has 0 aliphatic rings. The maximum absolute atomic E-state index is 6.15. The molecule has 2 heterocycles. The van der Waals surface area contributed by atoms with Crippen LogP contribution in [0.25, 0.3) is 22.6 Å². The predicted molar refractivity (Wildman–Crippen MR) is 102 cm³/mol. The van der Waals surface area contributed by atoms with Crippen LogP contribution in [0.4, 0.5) is 11.5 Å². The Morgan fingerprint density at radius 2 is 1.58 bits per heavy atom. The van der Waals surface area contributed by atoms with Gasteiger partial charge >= 0.3 is 0 Å². The molecule has 0 radical (unpaired) electrons. The van der Waals surface area contributed by atoms with Crippen LogP contribution in [-0.2, 0) is 0 Å². The maximum atomic E-state index is 6.15. The van der Waals surface area contributed by atoms with Gasteiger partial charge in [-0.05, 0) is 53.1 Å². The molecule has 0 bridgehead atoms. The number of aromatic nitrogens is 4. The Hall–Kier alpha value is -2.41. The SMILES string of the molecule is Cc1cc(Nc2nc3nonc3nc2-c2ccc(Cl)c(Cl)c2)ccc1Cl. The van der Waals surface area contributed by atoms with Crippen LogP contribution in [0.15, 0.2) is 41.0 Å². The smallest absolute Gasteiger partial charge is 0.245 e. The third-order valence-electron chi connectivity index (χ3n) is 3.73. The zero-order valence-corrected chi connectivity index (χ0v) is 15.6. The second-order valence-corrected chi connectivity index (χ2v) is 6.77. The first-order valence-electron chi connectivity index (χ1n) is 7.50. The van der Waals surface area contributed by atoms with E-state index in [0.29, 0.717) is 37.9 Å². The van der Waals surface area contributed by atoms with Crippen molar-refractivity contribution in [3.63, 3.8) is 0 Å². The number of hydrogen-bond donors (Lipinski definition) is 1. The van der Waals surface area contributed by atoms with Crippen LogP contribution < -0.4 is 5.32 Å². The minimum atomic E-state index is 0.294. The first-order chi connectivity index (χ1) is 12.5. The Labute approximate surface area is 163 Å². The van der Waals surface area contributed by atoms with Crippen LogP contribution in [0, 0.1) is 6.92 Å². The minimum absolute atomic E-state index is 0.294. The van der Waals surface area contributed by atoms with Gasteiger partial charge in [0.15, 0.2) is 5.82 Å². The zero-order valence-electron chi connectivity index (χ0n) is 13.3. The van der Waals surface area contributed by atoms with E-state index in [2.05, 4.69) is 25.6 Å². The minimum Gasteiger partial charge on any atom is -0.338 e. The van der Waals surface area contributed by atoms with Crippen LogP contribution in [0.5, 0.6) is 0 Å². The Kier molecular flexibility index (Phi) is 4.40. The second kappa shape index (κ2) is 6.72. The summed E-state index contributed by atoms with van der Waals surface area (Å²) in [6, 6.07) is 10.8. The molecule has 0 fully saturated rings. The Morgan fingerprint density at radius 1 is 0.846 bits per heavy atom. The number of benzene rings is 2. The fourth-order valence-corrected chi connectivity index (χ4v) is 2.84. The summed E-state index contributed by atoms with van der Waals surface area (Å²) in [4.78, 5) is 8.95. The molecule has 9 heteroatoms. The van der Waals surface area contributed by atoms with E-state index >= 15 is 0 Å². The first kappa shape index (κ1) is 17.0. The number of fused-ring (bicyclic) bond motifs is 1. The van der Waals surface area contributed by atoms with Gasteiger partial charge in [0.05, 0.1) is 10.0 Å². The lowest BCUT2D eigenvalue weighted by Gasteiger charge is -2.11. The fourth-order valence-electron chi connectivity index (χ4n) is 2.43. The molecular weight excluding hydrogens is 397 g/mol. The van der Waals surface area contributed by atoms with Gasteiger partial charge < -0.3 is 5.32 Å². The van der Waals surface area contributed by atoms with Crippen LogP contribution in [0.2, 0.25) is 15.1 Å². The highest BCUT2D eigenvalue weighted by Gasteiger charge is 2.16. The van der Waals surface area contributed by atoms with Crippen LogP contribution in [-0.4, -0.2) is 20.3 Å². The lowest BCUT2D eigenvalue weighted by atomic mass is 10.1. The highest BCUT2D eigenvalue weighted by Crippen LogP contribution is 2.33. The Balaban J connectivity index is 1.86. The molecule has 0 saturated heterocycles. The van der Waals surface area contributed by atoms with E-state index in [-0.39, 0.29) is 0 Å². The van der Waals surface area contributed by atoms with Crippen molar-refractivity contribution in [3.8, 4) is 11.3 Å². The highest BCUT2D eigenvalue weighted by atomic mass is 35.5. The van der Waals surface area contributed by atoms with Gasteiger partial charge in [0, 0.05) is 16.3 Å². The Morgan fingerprint density at radius 3 is 2.31 bits per heavy atom. The third kappa shape index (κ3) is 3.19. The summed E-state index contributed by atoms with van der Waals surface area (Å²) in [6.07, 6.45) is 0. The number of aryl methyl sites for hydroxylation is 1. The fraction of sp³-hybridized carbons (Fsp3) is 0.0588. The van der Waals surface area contributed by atoms with E-state index in [9.17, 15) is 0 Å². The summed E-state index contributed by atoms with van der Waals surface area (Å²) in [6.45, 7) is 1.92. The summed E-state index contributed by atoms with van der Waals surface area (Å²) in [7, 11) is 0. The topological polar surface area (TPSA) is 76.7 Å². The third-order valence-corrected chi connectivity index (χ3v) is 4.89. The normalized spacial score (nSPS) is 11.1. The van der Waals surface area contributed by atoms with E-state index in [4.69, 9.17) is 39.4 Å². The first-order valence-corrected chi connectivity index (χ1v) is 8.63. The van der Waals surface area contributed by atoms with Gasteiger partial charge in [0.1, 0.15) is 5.69 Å². The van der Waals surface area contributed by atoms with Crippen molar-refractivity contribution < 1.29 is 4.63 Å². The summed E-state index contributed by atoms with van der Waals surface area (Å²) in [5, 5.41) is 12.3. The van der Waals surface area contributed by atoms with Crippen molar-refractivity contribution in [2.45, 2.75) is 6.92 Å². The van der Waals surface area contributed by atoms with E-state index in [0.717, 1.165) is 16.8 Å². The average Bonchev–Trinajstić information content (AvgIpc) is 3.07. The van der Waals surface area contributed by atoms with E-state index in [1.54, 1.807) is 18.2 Å². The molecule has 6 nitrogen and oxygen atoms in total. The number of rotatable bonds is 3. The summed E-state index contributed by atoms with van der Waals surface area (Å²) in [5.41, 5.74) is 3.60. The molecule has 0 amide bonds. The van der Waals surface area contributed by atoms with Crippen LogP contribution in [0.1, 0.15) is 5.56 Å². The molecule has 2 aromatic heterocycles. The van der Waals surface area contributed by atoms with Gasteiger partial charge in [-0.15, -0.1) is 0 Å². The summed E-state index contributed by atoms with van der Waals surface area (Å²) >= 11 is 18.3. The Bertz CT molecular complexity index is 1130. The predicted octanol–water partition coefficient (Wildman–Crippen LogP) is 5.69. The monoisotopic (exact) mass is 405 g/mol. The van der Waals surface area contributed by atoms with Gasteiger partial charge in [-0.2, -0.15) is 0 Å². The molecule has 4 rings (SSSR count). The molecule has 0 saturated carbocycles. The highest BCUT2D eigenvalue weighted by molar-refractivity contribution is 6.42. The van der Waals surface area contributed by atoms with Crippen molar-refractivity contribution in [2.75, 3.05) is 5.32 Å². The van der Waals surface area contributed by atoms with E-state index < -0.39 is 0 Å². The van der Waals surface area contributed by atoms with Gasteiger partial charge in [-0.1, -0.05) is 40.9 Å². The summed E-state index contributed by atoms with van der Waals surface area (Å²) in [5.74, 6) is 0.480. The molecule has 130 valence electrons. The van der Waals surface area contributed by atoms with Crippen molar-refractivity contribution in [1.29, 1.82) is 0 Å². The number of anilines is 2. The molecule has 0 unspecified atom stereocenters. The largest absolute Gasteiger partial charge is 0.338 e. The average molecular weight is 407 g/mol. The van der Waals surface area contributed by atoms with Crippen molar-refractivity contribution in [2.24, 2.45) is 0 Å². The van der Waals surface area contributed by atoms with Crippen LogP contribution >= 0.6 is 34.8 Å². The molecule has 0 aliphatic carbocycles. The zero-order chi connectivity index (χ0) is 18.3. The van der Waals surface area contributed by atoms with Crippen molar-refractivity contribution in [1.82, 2.24) is 20.3 Å². The van der Waals surface area contributed by atoms with Crippen molar-refractivity contribution in [3.05, 3.63) is 57.0 Å². The second-order valence-electron chi connectivity index (χ2n) is 5.55. The van der Waals surface area contributed by atoms with Crippen molar-refractivity contribution >= 4 is 57.6 Å². The lowest BCUT2D eigenvalue weighted by molar-refractivity contribution is 0.314. The van der Waals surface area contributed by atoms with E-state index in [1.165, 1.54) is 0 Å². The molecule has 26 heavy (non-hydrogen) atoms. The number of hydrogen-bond acceptors (Lipinski definition) is 6. The maximum Gasteiger partial charge on any atom is 0.245 e. The molecule has 0 atom stereocenters. The quantitative estimate of drug-likeness (QED) is 0.471. The number of nitrogens with zero attached hydrogens (tertiary/aromatic N) is 4.